The van der Waals surface area contributed by atoms with Crippen LogP contribution in [-0.4, -0.2) is 18.5 Å². The van der Waals surface area contributed by atoms with Crippen molar-refractivity contribution in [1.29, 1.82) is 0 Å². The van der Waals surface area contributed by atoms with E-state index in [1.807, 2.05) is 25.1 Å². The summed E-state index contributed by atoms with van der Waals surface area (Å²) in [5, 5.41) is 0. The van der Waals surface area contributed by atoms with E-state index < -0.39 is 0 Å². The molecule has 1 unspecified atom stereocenters. The molecule has 1 atom stereocenters. The molecule has 1 heterocycles. The Labute approximate surface area is 102 Å². The quantitative estimate of drug-likeness (QED) is 0.784. The highest BCUT2D eigenvalue weighted by Gasteiger charge is 2.33. The van der Waals surface area contributed by atoms with Crippen LogP contribution >= 0.6 is 0 Å². The van der Waals surface area contributed by atoms with Crippen LogP contribution in [0.5, 0.6) is 11.5 Å². The minimum absolute atomic E-state index is 0.0869. The first-order chi connectivity index (χ1) is 8.27. The fourth-order valence-electron chi connectivity index (χ4n) is 1.98. The second kappa shape index (κ2) is 5.21. The van der Waals surface area contributed by atoms with Gasteiger partial charge in [0.05, 0.1) is 12.2 Å². The van der Waals surface area contributed by atoms with E-state index in [0.29, 0.717) is 23.7 Å². The molecule has 0 amide bonds. The molecule has 0 N–H and O–H groups in total. The molecule has 0 saturated heterocycles. The van der Waals surface area contributed by atoms with Crippen LogP contribution in [-0.2, 0) is 0 Å². The van der Waals surface area contributed by atoms with Crippen LogP contribution in [0.25, 0.3) is 0 Å². The van der Waals surface area contributed by atoms with Gasteiger partial charge < -0.3 is 9.47 Å². The lowest BCUT2D eigenvalue weighted by atomic mass is 10.1. The summed E-state index contributed by atoms with van der Waals surface area (Å²) in [7, 11) is 0. The molecule has 92 valence electrons. The Balaban J connectivity index is 2.23. The fourth-order valence-corrected chi connectivity index (χ4v) is 1.98. The summed E-state index contributed by atoms with van der Waals surface area (Å²) < 4.78 is 11.3. The molecule has 0 radical (unpaired) electrons. The number of rotatable bonds is 5. The number of fused-ring (bicyclic) bond motifs is 1. The lowest BCUT2D eigenvalue weighted by molar-refractivity contribution is 0.0842. The van der Waals surface area contributed by atoms with E-state index in [9.17, 15) is 4.79 Å². The number of carbonyl (C=O) groups excluding carboxylic acids is 1. The molecule has 0 aliphatic carbocycles. The summed E-state index contributed by atoms with van der Waals surface area (Å²) in [6.45, 7) is 4.75. The van der Waals surface area contributed by atoms with Gasteiger partial charge in [0, 0.05) is 0 Å². The van der Waals surface area contributed by atoms with Crippen molar-refractivity contribution in [1.82, 2.24) is 0 Å². The van der Waals surface area contributed by atoms with Gasteiger partial charge in [0.25, 0.3) is 0 Å². The molecule has 3 nitrogen and oxygen atoms in total. The van der Waals surface area contributed by atoms with E-state index in [4.69, 9.17) is 9.47 Å². The van der Waals surface area contributed by atoms with E-state index >= 15 is 0 Å². The summed E-state index contributed by atoms with van der Waals surface area (Å²) in [6.07, 6.45) is 2.33. The van der Waals surface area contributed by atoms with Crippen LogP contribution in [0, 0.1) is 0 Å². The van der Waals surface area contributed by atoms with Crippen LogP contribution in [0.1, 0.15) is 43.5 Å². The van der Waals surface area contributed by atoms with Crippen molar-refractivity contribution in [2.24, 2.45) is 0 Å². The first-order valence-electron chi connectivity index (χ1n) is 6.24. The minimum Gasteiger partial charge on any atom is -0.490 e. The van der Waals surface area contributed by atoms with Crippen molar-refractivity contribution in [3.63, 3.8) is 0 Å². The van der Waals surface area contributed by atoms with E-state index in [2.05, 4.69) is 6.92 Å². The van der Waals surface area contributed by atoms with Gasteiger partial charge in [0.2, 0.25) is 5.78 Å². The van der Waals surface area contributed by atoms with Crippen molar-refractivity contribution in [3.8, 4) is 11.5 Å². The second-order valence-electron chi connectivity index (χ2n) is 4.24. The first kappa shape index (κ1) is 12.0. The van der Waals surface area contributed by atoms with E-state index in [0.717, 1.165) is 19.3 Å². The molecule has 0 spiro atoms. The minimum atomic E-state index is -0.318. The number of carbonyl (C=O) groups is 1. The van der Waals surface area contributed by atoms with E-state index in [1.54, 1.807) is 0 Å². The molecule has 3 heteroatoms. The van der Waals surface area contributed by atoms with Gasteiger partial charge in [0.15, 0.2) is 17.6 Å². The van der Waals surface area contributed by atoms with Crippen molar-refractivity contribution in [2.75, 3.05) is 6.61 Å². The Morgan fingerprint density at radius 3 is 2.82 bits per heavy atom. The van der Waals surface area contributed by atoms with Crippen LogP contribution in [0.2, 0.25) is 0 Å². The van der Waals surface area contributed by atoms with Crippen LogP contribution < -0.4 is 9.47 Å². The Morgan fingerprint density at radius 1 is 1.29 bits per heavy atom. The summed E-state index contributed by atoms with van der Waals surface area (Å²) in [4.78, 5) is 12.0. The molecule has 2 rings (SSSR count). The average Bonchev–Trinajstić information content (AvgIpc) is 2.66. The van der Waals surface area contributed by atoms with Crippen molar-refractivity contribution in [2.45, 2.75) is 39.2 Å². The SMILES string of the molecule is CCCOc1cccc2c1OC(CCC)C2=O. The molecular weight excluding hydrogens is 216 g/mol. The van der Waals surface area contributed by atoms with Crippen molar-refractivity contribution < 1.29 is 14.3 Å². The van der Waals surface area contributed by atoms with Crippen molar-refractivity contribution in [3.05, 3.63) is 23.8 Å². The topological polar surface area (TPSA) is 35.5 Å². The Hall–Kier alpha value is -1.51. The number of hydrogen-bond donors (Lipinski definition) is 0. The van der Waals surface area contributed by atoms with Gasteiger partial charge in [-0.05, 0) is 25.0 Å². The molecule has 1 aromatic carbocycles. The largest absolute Gasteiger partial charge is 0.490 e. The summed E-state index contributed by atoms with van der Waals surface area (Å²) >= 11 is 0. The maximum absolute atomic E-state index is 12.0. The molecular formula is C14H18O3. The number of Topliss-reactive ketones (excluding diaryl/α,β-unsaturated/α-hetero) is 1. The zero-order chi connectivity index (χ0) is 12.3. The van der Waals surface area contributed by atoms with Crippen molar-refractivity contribution >= 4 is 5.78 Å². The summed E-state index contributed by atoms with van der Waals surface area (Å²) in [5.41, 5.74) is 0.664. The predicted octanol–water partition coefficient (Wildman–Crippen LogP) is 3.22. The molecule has 0 saturated carbocycles. The van der Waals surface area contributed by atoms with Crippen LogP contribution in [0.4, 0.5) is 0 Å². The van der Waals surface area contributed by atoms with Crippen LogP contribution in [0.15, 0.2) is 18.2 Å². The van der Waals surface area contributed by atoms with E-state index in [1.165, 1.54) is 0 Å². The number of ether oxygens (including phenoxy) is 2. The van der Waals surface area contributed by atoms with Gasteiger partial charge in [-0.1, -0.05) is 26.3 Å². The zero-order valence-corrected chi connectivity index (χ0v) is 10.4. The smallest absolute Gasteiger partial charge is 0.207 e. The average molecular weight is 234 g/mol. The molecule has 1 aliphatic heterocycles. The highest BCUT2D eigenvalue weighted by Crippen LogP contribution is 2.38. The third-order valence-electron chi connectivity index (χ3n) is 2.81. The molecule has 0 aromatic heterocycles. The number of hydrogen-bond acceptors (Lipinski definition) is 3. The molecule has 1 aromatic rings. The Kier molecular flexibility index (Phi) is 3.67. The number of ketones is 1. The van der Waals surface area contributed by atoms with Gasteiger partial charge in [-0.3, -0.25) is 4.79 Å². The summed E-state index contributed by atoms with van der Waals surface area (Å²) in [6, 6.07) is 5.52. The molecule has 0 fully saturated rings. The standard InChI is InChI=1S/C14H18O3/c1-3-6-11-13(15)10-7-5-8-12(14(10)17-11)16-9-4-2/h5,7-8,11H,3-4,6,9H2,1-2H3. The maximum atomic E-state index is 12.0. The van der Waals surface area contributed by atoms with Crippen LogP contribution in [0.3, 0.4) is 0 Å². The van der Waals surface area contributed by atoms with Gasteiger partial charge in [-0.2, -0.15) is 0 Å². The number of benzene rings is 1. The van der Waals surface area contributed by atoms with E-state index in [-0.39, 0.29) is 11.9 Å². The van der Waals surface area contributed by atoms with Gasteiger partial charge in [0.1, 0.15) is 0 Å². The monoisotopic (exact) mass is 234 g/mol. The summed E-state index contributed by atoms with van der Waals surface area (Å²) in [5.74, 6) is 1.41. The third kappa shape index (κ3) is 2.28. The third-order valence-corrected chi connectivity index (χ3v) is 2.81. The lowest BCUT2D eigenvalue weighted by Gasteiger charge is -2.10. The Bertz CT molecular complexity index is 412. The molecule has 0 bridgehead atoms. The molecule has 1 aliphatic rings. The Morgan fingerprint density at radius 2 is 2.12 bits per heavy atom. The van der Waals surface area contributed by atoms with Gasteiger partial charge >= 0.3 is 0 Å². The highest BCUT2D eigenvalue weighted by atomic mass is 16.5. The van der Waals surface area contributed by atoms with Gasteiger partial charge in [-0.15, -0.1) is 0 Å². The number of para-hydroxylation sites is 1. The molecule has 17 heavy (non-hydrogen) atoms. The normalized spacial score (nSPS) is 17.8. The maximum Gasteiger partial charge on any atom is 0.207 e. The lowest BCUT2D eigenvalue weighted by Crippen LogP contribution is -2.19. The zero-order valence-electron chi connectivity index (χ0n) is 10.4. The fraction of sp³-hybridized carbons (Fsp3) is 0.500. The highest BCUT2D eigenvalue weighted by molar-refractivity contribution is 6.05. The predicted molar refractivity (Wildman–Crippen MR) is 65.9 cm³/mol. The second-order valence-corrected chi connectivity index (χ2v) is 4.24. The first-order valence-corrected chi connectivity index (χ1v) is 6.24. The van der Waals surface area contributed by atoms with Gasteiger partial charge in [-0.25, -0.2) is 0 Å².